The SMILES string of the molecule is Cc1nn(Cc2cn(COCC[Si](C)(C)C)nn2)cc1-c1ccc(OS(=O)(=O)C(F)(F)F)c(F)c1F. The van der Waals surface area contributed by atoms with Gasteiger partial charge in [0.05, 0.1) is 18.4 Å². The molecular formula is C20H24F5N5O4SSi. The smallest absolute Gasteiger partial charge is 0.373 e. The van der Waals surface area contributed by atoms with Gasteiger partial charge in [-0.3, -0.25) is 4.68 Å². The summed E-state index contributed by atoms with van der Waals surface area (Å²) in [7, 11) is -7.38. The highest BCUT2D eigenvalue weighted by Crippen LogP contribution is 2.34. The largest absolute Gasteiger partial charge is 0.534 e. The summed E-state index contributed by atoms with van der Waals surface area (Å²) < 4.78 is 101. The van der Waals surface area contributed by atoms with Crippen LogP contribution in [0.4, 0.5) is 22.0 Å². The van der Waals surface area contributed by atoms with Crippen LogP contribution in [0.25, 0.3) is 11.1 Å². The number of halogens is 5. The molecule has 0 aliphatic carbocycles. The Morgan fingerprint density at radius 1 is 1.03 bits per heavy atom. The van der Waals surface area contributed by atoms with Gasteiger partial charge in [0.2, 0.25) is 5.82 Å². The third-order valence-electron chi connectivity index (χ3n) is 4.90. The standard InChI is InChI=1S/C20H24F5N5O4SSi/c1-13-16(15-5-6-17(19(22)18(15)21)34-35(31,32)20(23,24)25)11-29(27-13)9-14-10-30(28-26-14)12-33-7-8-36(2,3)4/h5-6,10-11H,7-9,12H2,1-4H3. The molecule has 0 saturated heterocycles. The maximum absolute atomic E-state index is 14.7. The normalized spacial score (nSPS) is 12.8. The highest BCUT2D eigenvalue weighted by Gasteiger charge is 2.49. The van der Waals surface area contributed by atoms with Crippen LogP contribution in [-0.2, 0) is 28.1 Å². The first-order chi connectivity index (χ1) is 16.6. The predicted octanol–water partition coefficient (Wildman–Crippen LogP) is 4.32. The minimum Gasteiger partial charge on any atom is -0.373 e. The van der Waals surface area contributed by atoms with Gasteiger partial charge in [-0.1, -0.05) is 24.9 Å². The third kappa shape index (κ3) is 6.67. The Morgan fingerprint density at radius 3 is 2.36 bits per heavy atom. The molecule has 0 bridgehead atoms. The molecule has 2 heterocycles. The number of nitrogens with zero attached hydrogens (tertiary/aromatic N) is 5. The van der Waals surface area contributed by atoms with Gasteiger partial charge in [0.15, 0.2) is 11.6 Å². The molecule has 0 amide bonds. The number of hydrogen-bond donors (Lipinski definition) is 0. The molecule has 16 heteroatoms. The van der Waals surface area contributed by atoms with E-state index in [1.54, 1.807) is 6.20 Å². The van der Waals surface area contributed by atoms with Crippen molar-refractivity contribution in [3.8, 4) is 16.9 Å². The fourth-order valence-electron chi connectivity index (χ4n) is 3.01. The maximum Gasteiger partial charge on any atom is 0.534 e. The summed E-state index contributed by atoms with van der Waals surface area (Å²) in [5.74, 6) is -4.89. The van der Waals surface area contributed by atoms with Crippen molar-refractivity contribution in [2.24, 2.45) is 0 Å². The lowest BCUT2D eigenvalue weighted by molar-refractivity contribution is -0.0501. The molecule has 0 atom stereocenters. The summed E-state index contributed by atoms with van der Waals surface area (Å²) in [6, 6.07) is 2.51. The molecule has 0 fully saturated rings. The Balaban J connectivity index is 1.73. The molecule has 198 valence electrons. The number of aromatic nitrogens is 5. The first-order valence-corrected chi connectivity index (χ1v) is 15.7. The van der Waals surface area contributed by atoms with Gasteiger partial charge in [-0.05, 0) is 25.1 Å². The number of alkyl halides is 3. The van der Waals surface area contributed by atoms with Crippen molar-refractivity contribution in [2.45, 2.75) is 51.4 Å². The average molecular weight is 554 g/mol. The molecule has 36 heavy (non-hydrogen) atoms. The number of ether oxygens (including phenoxy) is 1. The van der Waals surface area contributed by atoms with Crippen molar-refractivity contribution >= 4 is 18.2 Å². The predicted molar refractivity (Wildman–Crippen MR) is 121 cm³/mol. The number of rotatable bonds is 10. The highest BCUT2D eigenvalue weighted by molar-refractivity contribution is 7.88. The van der Waals surface area contributed by atoms with Crippen LogP contribution in [0.15, 0.2) is 24.5 Å². The van der Waals surface area contributed by atoms with E-state index in [1.165, 1.54) is 22.5 Å². The maximum atomic E-state index is 14.7. The van der Waals surface area contributed by atoms with Gasteiger partial charge in [-0.15, -0.1) is 5.10 Å². The van der Waals surface area contributed by atoms with E-state index in [1.807, 2.05) is 0 Å². The molecular weight excluding hydrogens is 529 g/mol. The lowest BCUT2D eigenvalue weighted by Crippen LogP contribution is -2.28. The molecule has 0 aliphatic rings. The summed E-state index contributed by atoms with van der Waals surface area (Å²) in [5, 5.41) is 12.2. The van der Waals surface area contributed by atoms with E-state index < -0.39 is 41.1 Å². The number of aryl methyl sites for hydroxylation is 1. The van der Waals surface area contributed by atoms with Crippen molar-refractivity contribution in [1.82, 2.24) is 24.8 Å². The van der Waals surface area contributed by atoms with E-state index in [0.29, 0.717) is 18.4 Å². The lowest BCUT2D eigenvalue weighted by Gasteiger charge is -2.15. The number of benzene rings is 1. The first kappa shape index (κ1) is 27.7. The molecule has 0 aliphatic heterocycles. The molecule has 0 radical (unpaired) electrons. The van der Waals surface area contributed by atoms with Gasteiger partial charge >= 0.3 is 15.6 Å². The summed E-state index contributed by atoms with van der Waals surface area (Å²) in [4.78, 5) is 0. The first-order valence-electron chi connectivity index (χ1n) is 10.6. The molecule has 0 spiro atoms. The van der Waals surface area contributed by atoms with Crippen LogP contribution in [0, 0.1) is 18.6 Å². The minimum absolute atomic E-state index is 0.138. The molecule has 2 aromatic heterocycles. The summed E-state index contributed by atoms with van der Waals surface area (Å²) in [5.41, 5.74) is -5.20. The van der Waals surface area contributed by atoms with Gasteiger partial charge < -0.3 is 8.92 Å². The van der Waals surface area contributed by atoms with Gasteiger partial charge in [-0.2, -0.15) is 31.1 Å². The Bertz CT molecular complexity index is 1340. The summed E-state index contributed by atoms with van der Waals surface area (Å²) in [6.07, 6.45) is 3.04. The van der Waals surface area contributed by atoms with Crippen LogP contribution < -0.4 is 4.18 Å². The zero-order valence-corrected chi connectivity index (χ0v) is 21.6. The lowest BCUT2D eigenvalue weighted by atomic mass is 10.1. The second-order valence-corrected chi connectivity index (χ2v) is 16.3. The molecule has 0 N–H and O–H groups in total. The zero-order chi connectivity index (χ0) is 26.9. The van der Waals surface area contributed by atoms with Crippen molar-refractivity contribution in [1.29, 1.82) is 0 Å². The topological polar surface area (TPSA) is 101 Å². The molecule has 3 rings (SSSR count). The van der Waals surface area contributed by atoms with Crippen LogP contribution in [0.1, 0.15) is 11.4 Å². The van der Waals surface area contributed by atoms with Gasteiger partial charge in [0.25, 0.3) is 0 Å². The zero-order valence-electron chi connectivity index (χ0n) is 19.8. The fourth-order valence-corrected chi connectivity index (χ4v) is 4.23. The Labute approximate surface area is 205 Å². The van der Waals surface area contributed by atoms with Crippen LogP contribution in [0.3, 0.4) is 0 Å². The van der Waals surface area contributed by atoms with Crippen molar-refractivity contribution in [3.63, 3.8) is 0 Å². The van der Waals surface area contributed by atoms with Gasteiger partial charge in [-0.25, -0.2) is 9.07 Å². The number of hydrogen-bond acceptors (Lipinski definition) is 7. The molecule has 0 saturated carbocycles. The van der Waals surface area contributed by atoms with Crippen LogP contribution in [0.2, 0.25) is 25.7 Å². The van der Waals surface area contributed by atoms with E-state index in [2.05, 4.69) is 39.2 Å². The molecule has 9 nitrogen and oxygen atoms in total. The van der Waals surface area contributed by atoms with Crippen LogP contribution >= 0.6 is 0 Å². The molecule has 3 aromatic rings. The molecule has 1 aromatic carbocycles. The van der Waals surface area contributed by atoms with Crippen molar-refractivity contribution in [2.75, 3.05) is 6.61 Å². The van der Waals surface area contributed by atoms with Gasteiger partial charge in [0, 0.05) is 32.0 Å². The fraction of sp³-hybridized carbons (Fsp3) is 0.450. The Kier molecular flexibility index (Phi) is 7.90. The van der Waals surface area contributed by atoms with E-state index >= 15 is 0 Å². The monoisotopic (exact) mass is 553 g/mol. The second-order valence-electron chi connectivity index (χ2n) is 9.15. The van der Waals surface area contributed by atoms with E-state index in [-0.39, 0.29) is 30.1 Å². The van der Waals surface area contributed by atoms with E-state index in [4.69, 9.17) is 4.74 Å². The van der Waals surface area contributed by atoms with E-state index in [9.17, 15) is 30.4 Å². The third-order valence-corrected chi connectivity index (χ3v) is 7.57. The van der Waals surface area contributed by atoms with E-state index in [0.717, 1.165) is 12.1 Å². The van der Waals surface area contributed by atoms with Crippen LogP contribution in [0.5, 0.6) is 5.75 Å². The molecule has 0 unspecified atom stereocenters. The van der Waals surface area contributed by atoms with Crippen molar-refractivity contribution in [3.05, 3.63) is 47.5 Å². The van der Waals surface area contributed by atoms with Gasteiger partial charge in [0.1, 0.15) is 12.4 Å². The van der Waals surface area contributed by atoms with Crippen molar-refractivity contribution < 1.29 is 39.3 Å². The Morgan fingerprint density at radius 2 is 1.72 bits per heavy atom. The quantitative estimate of drug-likeness (QED) is 0.121. The van der Waals surface area contributed by atoms with Crippen LogP contribution in [-0.4, -0.2) is 53.4 Å². The highest BCUT2D eigenvalue weighted by atomic mass is 32.2. The summed E-state index contributed by atoms with van der Waals surface area (Å²) in [6.45, 7) is 9.22. The Hall–Kier alpha value is -2.85. The second kappa shape index (κ2) is 10.3. The minimum atomic E-state index is -6.16. The summed E-state index contributed by atoms with van der Waals surface area (Å²) >= 11 is 0. The average Bonchev–Trinajstić information content (AvgIpc) is 3.33.